The number of para-hydroxylation sites is 1. The van der Waals surface area contributed by atoms with Gasteiger partial charge in [-0.05, 0) is 48.9 Å². The standard InChI is InChI=1S/C25H25NO6/c1-3-31-26-24(17-30-23-13-18(14-25(27)28)12-22(16-23)29-2)19-8-7-11-21(15-19)32-20-9-5-4-6-10-20/h4-13,15-16H,3,14,17H2,1-2H3,(H,27,28)/b26-24+. The number of methoxy groups -OCH3 is 1. The molecule has 3 aromatic rings. The number of nitrogens with zero attached hydrogens (tertiary/aromatic N) is 1. The van der Waals surface area contributed by atoms with Crippen molar-refractivity contribution < 1.29 is 28.9 Å². The largest absolute Gasteiger partial charge is 0.497 e. The summed E-state index contributed by atoms with van der Waals surface area (Å²) in [6.07, 6.45) is -0.133. The number of carboxylic acid groups (broad SMARTS) is 1. The molecule has 0 heterocycles. The van der Waals surface area contributed by atoms with Crippen LogP contribution in [0.5, 0.6) is 23.0 Å². The average molecular weight is 435 g/mol. The van der Waals surface area contributed by atoms with Gasteiger partial charge in [0.15, 0.2) is 0 Å². The molecule has 0 saturated carbocycles. The highest BCUT2D eigenvalue weighted by molar-refractivity contribution is 6.01. The van der Waals surface area contributed by atoms with Crippen LogP contribution in [0.4, 0.5) is 0 Å². The van der Waals surface area contributed by atoms with Crippen LogP contribution in [0, 0.1) is 0 Å². The molecule has 3 rings (SSSR count). The zero-order chi connectivity index (χ0) is 22.8. The summed E-state index contributed by atoms with van der Waals surface area (Å²) in [5.74, 6) is 1.44. The van der Waals surface area contributed by atoms with E-state index < -0.39 is 5.97 Å². The fourth-order valence-corrected chi connectivity index (χ4v) is 2.93. The van der Waals surface area contributed by atoms with Crippen LogP contribution in [0.3, 0.4) is 0 Å². The zero-order valence-electron chi connectivity index (χ0n) is 18.0. The van der Waals surface area contributed by atoms with Crippen molar-refractivity contribution in [2.45, 2.75) is 13.3 Å². The van der Waals surface area contributed by atoms with Crippen LogP contribution < -0.4 is 14.2 Å². The molecule has 0 spiro atoms. The minimum absolute atomic E-state index is 0.106. The number of benzene rings is 3. The second kappa shape index (κ2) is 11.4. The van der Waals surface area contributed by atoms with Crippen molar-refractivity contribution in [1.29, 1.82) is 0 Å². The summed E-state index contributed by atoms with van der Waals surface area (Å²) in [5, 5.41) is 13.3. The molecule has 0 atom stereocenters. The maximum Gasteiger partial charge on any atom is 0.307 e. The number of carbonyl (C=O) groups is 1. The summed E-state index contributed by atoms with van der Waals surface area (Å²) >= 11 is 0. The molecule has 0 amide bonds. The Hall–Kier alpha value is -4.00. The van der Waals surface area contributed by atoms with Crippen LogP contribution in [-0.4, -0.2) is 37.1 Å². The van der Waals surface area contributed by atoms with Crippen molar-refractivity contribution in [2.24, 2.45) is 5.16 Å². The van der Waals surface area contributed by atoms with E-state index in [1.54, 1.807) is 18.2 Å². The number of oxime groups is 1. The van der Waals surface area contributed by atoms with Crippen molar-refractivity contribution in [3.05, 3.63) is 83.9 Å². The fraction of sp³-hybridized carbons (Fsp3) is 0.200. The predicted octanol–water partition coefficient (Wildman–Crippen LogP) is 4.93. The summed E-state index contributed by atoms with van der Waals surface area (Å²) in [5.41, 5.74) is 1.92. The first-order valence-corrected chi connectivity index (χ1v) is 10.1. The van der Waals surface area contributed by atoms with Crippen LogP contribution in [0.2, 0.25) is 0 Å². The van der Waals surface area contributed by atoms with E-state index in [0.717, 1.165) is 11.3 Å². The number of hydrogen-bond donors (Lipinski definition) is 1. The lowest BCUT2D eigenvalue weighted by Gasteiger charge is -2.13. The first-order valence-electron chi connectivity index (χ1n) is 10.1. The van der Waals surface area contributed by atoms with E-state index in [1.165, 1.54) is 7.11 Å². The van der Waals surface area contributed by atoms with Crippen LogP contribution in [0.25, 0.3) is 0 Å². The van der Waals surface area contributed by atoms with E-state index in [2.05, 4.69) is 5.16 Å². The molecule has 0 aliphatic heterocycles. The Labute approximate surface area is 186 Å². The number of ether oxygens (including phenoxy) is 3. The molecule has 32 heavy (non-hydrogen) atoms. The molecule has 3 aromatic carbocycles. The molecule has 166 valence electrons. The molecule has 0 saturated heterocycles. The summed E-state index contributed by atoms with van der Waals surface area (Å²) in [4.78, 5) is 16.4. The molecule has 0 aliphatic carbocycles. The average Bonchev–Trinajstić information content (AvgIpc) is 2.79. The molecular formula is C25H25NO6. The monoisotopic (exact) mass is 435 g/mol. The number of rotatable bonds is 11. The Kier molecular flexibility index (Phi) is 8.09. The molecule has 0 radical (unpaired) electrons. The summed E-state index contributed by atoms with van der Waals surface area (Å²) in [7, 11) is 1.52. The molecule has 0 aromatic heterocycles. The highest BCUT2D eigenvalue weighted by Crippen LogP contribution is 2.25. The Morgan fingerprint density at radius 3 is 2.38 bits per heavy atom. The van der Waals surface area contributed by atoms with Crippen LogP contribution in [0.15, 0.2) is 78.0 Å². The van der Waals surface area contributed by atoms with Gasteiger partial charge in [0.05, 0.1) is 13.5 Å². The maximum atomic E-state index is 11.1. The second-order valence-corrected chi connectivity index (χ2v) is 6.77. The first-order chi connectivity index (χ1) is 15.6. The number of aliphatic carboxylic acids is 1. The molecule has 1 N–H and O–H groups in total. The van der Waals surface area contributed by atoms with E-state index in [-0.39, 0.29) is 13.0 Å². The van der Waals surface area contributed by atoms with E-state index in [1.807, 2.05) is 61.5 Å². The second-order valence-electron chi connectivity index (χ2n) is 6.77. The lowest BCUT2D eigenvalue weighted by molar-refractivity contribution is -0.136. The summed E-state index contributed by atoms with van der Waals surface area (Å²) in [6.45, 7) is 2.36. The minimum atomic E-state index is -0.932. The molecule has 7 nitrogen and oxygen atoms in total. The van der Waals surface area contributed by atoms with Gasteiger partial charge in [-0.3, -0.25) is 4.79 Å². The molecule has 0 unspecified atom stereocenters. The van der Waals surface area contributed by atoms with Crippen LogP contribution >= 0.6 is 0 Å². The highest BCUT2D eigenvalue weighted by atomic mass is 16.6. The van der Waals surface area contributed by atoms with Crippen molar-refractivity contribution in [2.75, 3.05) is 20.3 Å². The van der Waals surface area contributed by atoms with Gasteiger partial charge in [-0.1, -0.05) is 35.5 Å². The van der Waals surface area contributed by atoms with Crippen molar-refractivity contribution in [3.8, 4) is 23.0 Å². The van der Waals surface area contributed by atoms with Gasteiger partial charge < -0.3 is 24.2 Å². The van der Waals surface area contributed by atoms with Gasteiger partial charge in [-0.15, -0.1) is 0 Å². The molecule has 7 heteroatoms. The van der Waals surface area contributed by atoms with E-state index in [4.69, 9.17) is 24.2 Å². The van der Waals surface area contributed by atoms with Gasteiger partial charge in [-0.2, -0.15) is 0 Å². The Morgan fingerprint density at radius 1 is 0.906 bits per heavy atom. The van der Waals surface area contributed by atoms with Crippen LogP contribution in [0.1, 0.15) is 18.1 Å². The first kappa shape index (κ1) is 22.7. The van der Waals surface area contributed by atoms with E-state index in [0.29, 0.717) is 35.1 Å². The molecule has 0 aliphatic rings. The highest BCUT2D eigenvalue weighted by Gasteiger charge is 2.11. The van der Waals surface area contributed by atoms with Gasteiger partial charge in [0.25, 0.3) is 0 Å². The molecule has 0 fully saturated rings. The topological polar surface area (TPSA) is 86.6 Å². The normalized spacial score (nSPS) is 11.0. The Morgan fingerprint density at radius 2 is 1.66 bits per heavy atom. The van der Waals surface area contributed by atoms with Gasteiger partial charge in [0, 0.05) is 11.6 Å². The van der Waals surface area contributed by atoms with Crippen molar-refractivity contribution >= 4 is 11.7 Å². The van der Waals surface area contributed by atoms with Gasteiger partial charge >= 0.3 is 5.97 Å². The third kappa shape index (κ3) is 6.77. The van der Waals surface area contributed by atoms with E-state index >= 15 is 0 Å². The molecular weight excluding hydrogens is 410 g/mol. The fourth-order valence-electron chi connectivity index (χ4n) is 2.93. The third-order valence-corrected chi connectivity index (χ3v) is 4.36. The Balaban J connectivity index is 1.79. The minimum Gasteiger partial charge on any atom is -0.497 e. The smallest absolute Gasteiger partial charge is 0.307 e. The Bertz CT molecular complexity index is 1070. The lowest BCUT2D eigenvalue weighted by atomic mass is 10.1. The zero-order valence-corrected chi connectivity index (χ0v) is 18.0. The predicted molar refractivity (Wildman–Crippen MR) is 121 cm³/mol. The SMILES string of the molecule is CCO/N=C(\COc1cc(CC(=O)O)cc(OC)c1)c1cccc(Oc2ccccc2)c1. The maximum absolute atomic E-state index is 11.1. The third-order valence-electron chi connectivity index (χ3n) is 4.36. The number of hydrogen-bond acceptors (Lipinski definition) is 6. The number of carboxylic acids is 1. The molecule has 0 bridgehead atoms. The summed E-state index contributed by atoms with van der Waals surface area (Å²) < 4.78 is 17.1. The van der Waals surface area contributed by atoms with Gasteiger partial charge in [-0.25, -0.2) is 0 Å². The van der Waals surface area contributed by atoms with Crippen molar-refractivity contribution in [1.82, 2.24) is 0 Å². The van der Waals surface area contributed by atoms with Crippen molar-refractivity contribution in [3.63, 3.8) is 0 Å². The quantitative estimate of drug-likeness (QED) is 0.339. The van der Waals surface area contributed by atoms with E-state index in [9.17, 15) is 4.79 Å². The lowest BCUT2D eigenvalue weighted by Crippen LogP contribution is -2.14. The van der Waals surface area contributed by atoms with Gasteiger partial charge in [0.1, 0.15) is 41.9 Å². The van der Waals surface area contributed by atoms with Gasteiger partial charge in [0.2, 0.25) is 0 Å². The summed E-state index contributed by atoms with van der Waals surface area (Å²) in [6, 6.07) is 22.0. The van der Waals surface area contributed by atoms with Crippen LogP contribution in [-0.2, 0) is 16.1 Å².